The zero-order valence-corrected chi connectivity index (χ0v) is 20.5. The molecule has 0 aromatic rings. The van der Waals surface area contributed by atoms with Gasteiger partial charge in [0.15, 0.2) is 0 Å². The monoisotopic (exact) mass is 446 g/mol. The van der Waals surface area contributed by atoms with Crippen LogP contribution in [0.1, 0.15) is 97.8 Å². The first-order chi connectivity index (χ1) is 15.1. The van der Waals surface area contributed by atoms with Crippen molar-refractivity contribution in [3.8, 4) is 0 Å². The summed E-state index contributed by atoms with van der Waals surface area (Å²) in [5.41, 5.74) is 0.499. The average molecular weight is 447 g/mol. The van der Waals surface area contributed by atoms with Crippen molar-refractivity contribution in [3.63, 3.8) is 0 Å². The predicted molar refractivity (Wildman–Crippen MR) is 125 cm³/mol. The van der Waals surface area contributed by atoms with E-state index in [0.29, 0.717) is 41.4 Å². The SMILES string of the molecule is C[C@H](CCC(=O)O)[C@H]1CCC2[C@H]3C(CC[C@@]21C)[C@@]1(C)CC[C@@H](O)C[C@H]1[C@@H](CC1CC1)[C@H]3O. The van der Waals surface area contributed by atoms with Gasteiger partial charge in [0.2, 0.25) is 0 Å². The molecule has 11 atom stereocenters. The van der Waals surface area contributed by atoms with Gasteiger partial charge in [-0.05, 0) is 116 Å². The third kappa shape index (κ3) is 3.67. The van der Waals surface area contributed by atoms with Crippen LogP contribution in [0.4, 0.5) is 0 Å². The minimum atomic E-state index is -0.677. The largest absolute Gasteiger partial charge is 0.481 e. The highest BCUT2D eigenvalue weighted by Crippen LogP contribution is 2.70. The number of aliphatic carboxylic acids is 1. The number of aliphatic hydroxyl groups is 2. The van der Waals surface area contributed by atoms with Crippen LogP contribution in [0.15, 0.2) is 0 Å². The molecule has 0 radical (unpaired) electrons. The number of carbonyl (C=O) groups is 1. The molecule has 182 valence electrons. The second kappa shape index (κ2) is 8.26. The van der Waals surface area contributed by atoms with Gasteiger partial charge in [0.1, 0.15) is 0 Å². The molecule has 4 heteroatoms. The zero-order valence-electron chi connectivity index (χ0n) is 20.5. The van der Waals surface area contributed by atoms with Gasteiger partial charge in [0.25, 0.3) is 0 Å². The third-order valence-corrected chi connectivity index (χ3v) is 11.8. The fraction of sp³-hybridized carbons (Fsp3) is 0.964. The van der Waals surface area contributed by atoms with Crippen molar-refractivity contribution in [1.82, 2.24) is 0 Å². The molecule has 0 heterocycles. The Kier molecular flexibility index (Phi) is 5.97. The van der Waals surface area contributed by atoms with Crippen LogP contribution in [0, 0.1) is 58.2 Å². The second-order valence-electron chi connectivity index (χ2n) is 13.3. The van der Waals surface area contributed by atoms with E-state index in [9.17, 15) is 20.1 Å². The minimum absolute atomic E-state index is 0.182. The van der Waals surface area contributed by atoms with E-state index in [4.69, 9.17) is 0 Å². The van der Waals surface area contributed by atoms with Crippen molar-refractivity contribution >= 4 is 5.97 Å². The van der Waals surface area contributed by atoms with E-state index in [1.165, 1.54) is 44.9 Å². The lowest BCUT2D eigenvalue weighted by Crippen LogP contribution is -2.62. The number of rotatable bonds is 6. The average Bonchev–Trinajstić information content (AvgIpc) is 3.49. The number of hydrogen-bond acceptors (Lipinski definition) is 3. The Labute approximate surface area is 194 Å². The van der Waals surface area contributed by atoms with Crippen molar-refractivity contribution in [3.05, 3.63) is 0 Å². The molecule has 0 aromatic carbocycles. The number of carboxylic acid groups (broad SMARTS) is 1. The van der Waals surface area contributed by atoms with Gasteiger partial charge in [0, 0.05) is 6.42 Å². The molecule has 0 saturated heterocycles. The molecule has 5 fully saturated rings. The number of carboxylic acids is 1. The van der Waals surface area contributed by atoms with E-state index in [1.807, 2.05) is 0 Å². The van der Waals surface area contributed by atoms with Gasteiger partial charge in [-0.1, -0.05) is 33.6 Å². The quantitative estimate of drug-likeness (QED) is 0.503. The van der Waals surface area contributed by atoms with Gasteiger partial charge >= 0.3 is 5.97 Å². The summed E-state index contributed by atoms with van der Waals surface area (Å²) in [6.45, 7) is 7.29. The van der Waals surface area contributed by atoms with E-state index in [0.717, 1.165) is 31.6 Å². The number of hydrogen-bond donors (Lipinski definition) is 3. The fourth-order valence-corrected chi connectivity index (χ4v) is 10.0. The topological polar surface area (TPSA) is 77.8 Å². The summed E-state index contributed by atoms with van der Waals surface area (Å²) in [7, 11) is 0. The van der Waals surface area contributed by atoms with Gasteiger partial charge < -0.3 is 15.3 Å². The van der Waals surface area contributed by atoms with Crippen molar-refractivity contribution in [2.75, 3.05) is 0 Å². The summed E-state index contributed by atoms with van der Waals surface area (Å²) < 4.78 is 0. The van der Waals surface area contributed by atoms with Gasteiger partial charge in [-0.15, -0.1) is 0 Å². The Hall–Kier alpha value is -0.610. The van der Waals surface area contributed by atoms with E-state index >= 15 is 0 Å². The molecule has 5 aliphatic rings. The van der Waals surface area contributed by atoms with Gasteiger partial charge in [-0.2, -0.15) is 0 Å². The lowest BCUT2D eigenvalue weighted by Gasteiger charge is -2.65. The molecule has 5 saturated carbocycles. The molecule has 0 amide bonds. The Bertz CT molecular complexity index is 718. The summed E-state index contributed by atoms with van der Waals surface area (Å²) in [5.74, 6) is 3.52. The van der Waals surface area contributed by atoms with Crippen LogP contribution >= 0.6 is 0 Å². The first-order valence-corrected chi connectivity index (χ1v) is 13.7. The molecule has 0 bridgehead atoms. The standard InChI is InChI=1S/C28H46O4/c1-16(4-9-24(30)31)20-7-8-21-25-22(11-13-27(20,21)2)28(3)12-10-18(29)15-23(28)19(26(25)32)14-17-5-6-17/h16-23,25-26,29,32H,4-15H2,1-3H3,(H,30,31)/t16-,18-,19-,20-,21?,22?,23+,25+,26-,27-,28-/m1/s1. The summed E-state index contributed by atoms with van der Waals surface area (Å²) in [4.78, 5) is 11.2. The molecular formula is C28H46O4. The molecule has 0 aliphatic heterocycles. The molecule has 0 spiro atoms. The first kappa shape index (κ1) is 23.1. The molecule has 4 nitrogen and oxygen atoms in total. The maximum absolute atomic E-state index is 12.0. The van der Waals surface area contributed by atoms with Crippen LogP contribution in [0.2, 0.25) is 0 Å². The second-order valence-corrected chi connectivity index (χ2v) is 13.3. The van der Waals surface area contributed by atoms with E-state index in [2.05, 4.69) is 20.8 Å². The van der Waals surface area contributed by atoms with Crippen LogP contribution in [0.5, 0.6) is 0 Å². The molecule has 5 rings (SSSR count). The van der Waals surface area contributed by atoms with E-state index < -0.39 is 5.97 Å². The summed E-state index contributed by atoms with van der Waals surface area (Å²) in [6, 6.07) is 0. The minimum Gasteiger partial charge on any atom is -0.481 e. The van der Waals surface area contributed by atoms with E-state index in [1.54, 1.807) is 0 Å². The van der Waals surface area contributed by atoms with Crippen molar-refractivity contribution in [2.45, 2.75) is 110 Å². The molecule has 2 unspecified atom stereocenters. The molecule has 5 aliphatic carbocycles. The number of fused-ring (bicyclic) bond motifs is 5. The van der Waals surface area contributed by atoms with Crippen molar-refractivity contribution in [2.24, 2.45) is 58.2 Å². The highest BCUT2D eigenvalue weighted by molar-refractivity contribution is 5.66. The van der Waals surface area contributed by atoms with Gasteiger partial charge in [0.05, 0.1) is 12.2 Å². The maximum atomic E-state index is 12.0. The summed E-state index contributed by atoms with van der Waals surface area (Å²) in [6.07, 6.45) is 12.3. The molecule has 0 aromatic heterocycles. The summed E-state index contributed by atoms with van der Waals surface area (Å²) in [5, 5.41) is 31.8. The van der Waals surface area contributed by atoms with Gasteiger partial charge in [-0.3, -0.25) is 4.79 Å². The van der Waals surface area contributed by atoms with Crippen LogP contribution in [0.3, 0.4) is 0 Å². The summed E-state index contributed by atoms with van der Waals surface area (Å²) >= 11 is 0. The Morgan fingerprint density at radius 1 is 0.938 bits per heavy atom. The van der Waals surface area contributed by atoms with Gasteiger partial charge in [-0.25, -0.2) is 0 Å². The smallest absolute Gasteiger partial charge is 0.303 e. The zero-order chi connectivity index (χ0) is 22.8. The predicted octanol–water partition coefficient (Wildman–Crippen LogP) is 5.50. The molecular weight excluding hydrogens is 400 g/mol. The fourth-order valence-electron chi connectivity index (χ4n) is 10.0. The first-order valence-electron chi connectivity index (χ1n) is 13.7. The Balaban J connectivity index is 1.43. The number of aliphatic hydroxyl groups excluding tert-OH is 2. The van der Waals surface area contributed by atoms with Crippen molar-refractivity contribution in [1.29, 1.82) is 0 Å². The Morgan fingerprint density at radius 2 is 1.62 bits per heavy atom. The van der Waals surface area contributed by atoms with E-state index in [-0.39, 0.29) is 29.5 Å². The van der Waals surface area contributed by atoms with Crippen LogP contribution in [0.25, 0.3) is 0 Å². The van der Waals surface area contributed by atoms with Crippen LogP contribution in [-0.2, 0) is 4.79 Å². The Morgan fingerprint density at radius 3 is 2.31 bits per heavy atom. The highest BCUT2D eigenvalue weighted by Gasteiger charge is 2.65. The third-order valence-electron chi connectivity index (χ3n) is 11.8. The molecule has 3 N–H and O–H groups in total. The lowest BCUT2D eigenvalue weighted by molar-refractivity contribution is -0.204. The molecule has 32 heavy (non-hydrogen) atoms. The highest BCUT2D eigenvalue weighted by atomic mass is 16.4. The van der Waals surface area contributed by atoms with Crippen LogP contribution in [-0.4, -0.2) is 33.5 Å². The maximum Gasteiger partial charge on any atom is 0.303 e. The normalized spacial score (nSPS) is 51.4. The lowest BCUT2D eigenvalue weighted by atomic mass is 9.41. The van der Waals surface area contributed by atoms with Crippen LogP contribution < -0.4 is 0 Å². The van der Waals surface area contributed by atoms with Crippen molar-refractivity contribution < 1.29 is 20.1 Å².